The van der Waals surface area contributed by atoms with E-state index < -0.39 is 5.97 Å². The normalized spacial score (nSPS) is 11.8. The number of rotatable bonds is 34. The Balaban J connectivity index is 0.000000128. The van der Waals surface area contributed by atoms with Crippen LogP contribution in [0.15, 0.2) is 262 Å². The lowest BCUT2D eigenvalue weighted by atomic mass is 10.1. The Labute approximate surface area is 803 Å². The zero-order valence-corrected chi connectivity index (χ0v) is 78.4. The number of fused-ring (bicyclic) bond motifs is 8. The fourth-order valence-corrected chi connectivity index (χ4v) is 14.2. The lowest BCUT2D eigenvalue weighted by Gasteiger charge is -2.25. The number of aryl methyl sites for hydroxylation is 1. The summed E-state index contributed by atoms with van der Waals surface area (Å²) in [6.07, 6.45) is 31.2. The Morgan fingerprint density at radius 2 is 0.638 bits per heavy atom. The molecule has 1 aliphatic rings. The van der Waals surface area contributed by atoms with Crippen LogP contribution in [0.2, 0.25) is 0 Å². The van der Waals surface area contributed by atoms with Gasteiger partial charge >= 0.3 is 47.8 Å². The van der Waals surface area contributed by atoms with Crippen LogP contribution in [0.4, 0.5) is 0 Å². The molecule has 42 heteroatoms. The van der Waals surface area contributed by atoms with Crippen molar-refractivity contribution in [2.24, 2.45) is 0 Å². The van der Waals surface area contributed by atoms with E-state index in [0.717, 1.165) is 89.2 Å². The van der Waals surface area contributed by atoms with Crippen LogP contribution in [-0.4, -0.2) is 257 Å². The number of aromatic nitrogens is 14. The molecule has 21 rings (SSSR count). The van der Waals surface area contributed by atoms with E-state index in [-0.39, 0.29) is 48.4 Å². The summed E-state index contributed by atoms with van der Waals surface area (Å²) in [7, 11) is 5.65. The zero-order valence-electron chi connectivity index (χ0n) is 78.4. The van der Waals surface area contributed by atoms with E-state index in [1.807, 2.05) is 107 Å². The summed E-state index contributed by atoms with van der Waals surface area (Å²) < 4.78 is 90.1. The molecule has 0 spiro atoms. The van der Waals surface area contributed by atoms with Gasteiger partial charge in [0.1, 0.15) is 104 Å². The summed E-state index contributed by atoms with van der Waals surface area (Å²) >= 11 is 0. The number of furan rings is 8. The second-order valence-electron chi connectivity index (χ2n) is 31.8. The molecule has 0 atom stereocenters. The minimum absolute atomic E-state index is 0.279. The van der Waals surface area contributed by atoms with Gasteiger partial charge in [0, 0.05) is 173 Å². The Hall–Kier alpha value is -16.9. The SMILES string of the molecule is CCN(CC)CCOC(=O)c1cc2occc2[nH]1.CN(C)CCOC(=O)c1cc2occc2[nH]1.CNCCOC(=O)c1cc2occc2[nH]1.Cc1nccn1CCOC(=O)c1cc2occc2[nH]1.O=C(OCCN1CCCCC1)c1cc2occc2[nH]1.O=C(OCCn1cccc1)c1cc2occc2[nH]1.O=C(OCCn1cccc1)c1cc2occc2[nH]1.O=C(OCCn1cccn1)c1cc2occc2[nH]1. The van der Waals surface area contributed by atoms with Crippen LogP contribution in [0.3, 0.4) is 0 Å². The highest BCUT2D eigenvalue weighted by Gasteiger charge is 2.22. The molecule has 1 saturated heterocycles. The average Bonchev–Trinajstić information content (AvgIpc) is 1.71. The average molecular weight is 1940 g/mol. The van der Waals surface area contributed by atoms with Gasteiger partial charge in [-0.2, -0.15) is 5.10 Å². The number of hydrogen-bond acceptors (Lipinski definition) is 30. The van der Waals surface area contributed by atoms with E-state index >= 15 is 0 Å². The number of imidazole rings is 1. The van der Waals surface area contributed by atoms with Crippen LogP contribution in [0.1, 0.15) is 123 Å². The number of nitrogens with zero attached hydrogens (tertiary/aromatic N) is 9. The number of ether oxygens (including phenoxy) is 8. The standard InChI is InChI=1S/C14H18N2O3.C13H13N3O3.2C13H12N2O3.C13H18N2O3.C12H11N3O3.C11H14N2O3.C10H12N2O3/c17-14(12-10-13-11(15-12)4-8-18-13)19-9-7-16-5-2-1-3-6-16;1-9-14-3-4-16(9)5-7-19-13(17)11-8-12-10(15-11)2-6-18-12;2*16-13(18-8-6-15-4-1-2-5-15)11-9-12-10(14-11)3-7-17-12;1-3-15(4-2)6-8-18-13(16)11-9-12-10(14-11)5-7-17-12;16-12(18-7-5-15-4-1-3-13-15)10-8-11-9(14-10)2-6-17-11;1-13(2)4-6-16-11(14)9-7-10-8(12-9)3-5-15-10;1-11-3-5-15-10(13)8-6-9-7(12-8)2-4-14-9/h4,8,10,15H,1-3,5-7,9H2;2-4,6,8,15H,5,7H2,1H3;2*1-5,7,9,14H,6,8H2;5,7,9,14H,3-4,6,8H2,1-2H3;1-4,6,8,14H,5,7H2;3,5,7,12H,4,6H2,1-2H3;2,4,6,11-12H,3,5H2,1H3. The summed E-state index contributed by atoms with van der Waals surface area (Å²) in [5.41, 5.74) is 15.1. The lowest BCUT2D eigenvalue weighted by molar-refractivity contribution is 0.0440. The third-order valence-electron chi connectivity index (χ3n) is 21.8. The largest absolute Gasteiger partial charge is 0.463 e. The number of carbonyl (C=O) groups excluding carboxylic acids is 8. The highest BCUT2D eigenvalue weighted by Crippen LogP contribution is 2.25. The maximum atomic E-state index is 11.8. The minimum atomic E-state index is -0.395. The number of nitrogens with one attached hydrogen (secondary N) is 9. The maximum absolute atomic E-state index is 11.8. The molecule has 9 N–H and O–H groups in total. The second kappa shape index (κ2) is 50.8. The highest BCUT2D eigenvalue weighted by molar-refractivity contribution is 5.98. The van der Waals surface area contributed by atoms with Gasteiger partial charge in [-0.05, 0) is 97.4 Å². The molecule has 1 aliphatic heterocycles. The maximum Gasteiger partial charge on any atom is 0.354 e. The van der Waals surface area contributed by atoms with Crippen LogP contribution in [0, 0.1) is 6.92 Å². The Morgan fingerprint density at radius 1 is 0.348 bits per heavy atom. The van der Waals surface area contributed by atoms with Crippen LogP contribution in [0.25, 0.3) is 88.8 Å². The van der Waals surface area contributed by atoms with Gasteiger partial charge in [-0.1, -0.05) is 20.3 Å². The monoisotopic (exact) mass is 1930 g/mol. The van der Waals surface area contributed by atoms with Crippen molar-refractivity contribution in [3.8, 4) is 0 Å². The van der Waals surface area contributed by atoms with Gasteiger partial charge in [0.2, 0.25) is 0 Å². The first-order chi connectivity index (χ1) is 68.8. The molecule has 141 heavy (non-hydrogen) atoms. The number of piperidine rings is 1. The van der Waals surface area contributed by atoms with Gasteiger partial charge in [-0.3, -0.25) is 9.58 Å². The first kappa shape index (κ1) is 100. The molecule has 0 amide bonds. The molecular weight excluding hydrogens is 1830 g/mol. The molecule has 0 saturated carbocycles. The van der Waals surface area contributed by atoms with E-state index in [4.69, 9.17) is 73.2 Å². The molecule has 0 unspecified atom stereocenters. The fourth-order valence-electron chi connectivity index (χ4n) is 14.2. The molecule has 42 nitrogen and oxygen atoms in total. The summed E-state index contributed by atoms with van der Waals surface area (Å²) in [5, 5.41) is 6.91. The van der Waals surface area contributed by atoms with E-state index in [2.05, 4.69) is 78.9 Å². The van der Waals surface area contributed by atoms with Crippen molar-refractivity contribution in [2.75, 3.05) is 126 Å². The van der Waals surface area contributed by atoms with Crippen LogP contribution >= 0.6 is 0 Å². The number of carbonyl (C=O) groups is 8. The number of likely N-dealkylation sites (tertiary alicyclic amines) is 1. The molecular formula is C99H110N18O24. The van der Waals surface area contributed by atoms with Gasteiger partial charge in [0.05, 0.1) is 120 Å². The summed E-state index contributed by atoms with van der Waals surface area (Å²) in [5.74, 6) is -1.99. The van der Waals surface area contributed by atoms with E-state index in [0.29, 0.717) is 176 Å². The quantitative estimate of drug-likeness (QED) is 0.0103. The van der Waals surface area contributed by atoms with Gasteiger partial charge < -0.3 is 142 Å². The lowest BCUT2D eigenvalue weighted by Crippen LogP contribution is -2.33. The summed E-state index contributed by atoms with van der Waals surface area (Å²) in [6.45, 7) is 18.4. The molecule has 740 valence electrons. The Bertz CT molecular complexity index is 6690. The number of esters is 8. The number of aromatic amines is 8. The van der Waals surface area contributed by atoms with Crippen molar-refractivity contribution in [1.29, 1.82) is 0 Å². The van der Waals surface area contributed by atoms with Crippen LogP contribution < -0.4 is 5.32 Å². The number of hydrogen-bond donors (Lipinski definition) is 9. The Kier molecular flexibility index (Phi) is 36.1. The molecule has 20 aromatic rings. The Morgan fingerprint density at radius 3 is 0.915 bits per heavy atom. The zero-order chi connectivity index (χ0) is 98.6. The third kappa shape index (κ3) is 29.1. The molecule has 0 aliphatic carbocycles. The third-order valence-corrected chi connectivity index (χ3v) is 21.8. The molecule has 0 aromatic carbocycles. The van der Waals surface area contributed by atoms with Crippen molar-refractivity contribution in [3.63, 3.8) is 0 Å². The molecule has 0 radical (unpaired) electrons. The summed E-state index contributed by atoms with van der Waals surface area (Å²) in [6, 6.07) is 36.9. The van der Waals surface area contributed by atoms with Crippen molar-refractivity contribution in [1.82, 2.24) is 88.4 Å². The van der Waals surface area contributed by atoms with E-state index in [9.17, 15) is 38.4 Å². The first-order valence-corrected chi connectivity index (χ1v) is 45.5. The molecule has 20 aromatic heterocycles. The predicted molar refractivity (Wildman–Crippen MR) is 515 cm³/mol. The van der Waals surface area contributed by atoms with Crippen molar-refractivity contribution >= 4 is 137 Å². The predicted octanol–water partition coefficient (Wildman–Crippen LogP) is 16.1. The number of likely N-dealkylation sites (N-methyl/N-ethyl adjacent to an activating group) is 3. The van der Waals surface area contributed by atoms with Gasteiger partial charge in [0.25, 0.3) is 0 Å². The highest BCUT2D eigenvalue weighted by atomic mass is 16.6. The van der Waals surface area contributed by atoms with Crippen molar-refractivity contribution in [2.45, 2.75) is 66.2 Å². The van der Waals surface area contributed by atoms with Gasteiger partial charge in [-0.15, -0.1) is 0 Å². The minimum Gasteiger partial charge on any atom is -0.463 e. The summed E-state index contributed by atoms with van der Waals surface area (Å²) in [4.78, 5) is 128. The second-order valence-corrected chi connectivity index (χ2v) is 31.8. The molecule has 0 bridgehead atoms. The van der Waals surface area contributed by atoms with Crippen molar-refractivity contribution in [3.05, 3.63) is 278 Å². The topological polar surface area (TPSA) is 509 Å². The molecule has 1 fully saturated rings. The smallest absolute Gasteiger partial charge is 0.354 e. The van der Waals surface area contributed by atoms with Crippen LogP contribution in [0.5, 0.6) is 0 Å². The van der Waals surface area contributed by atoms with Gasteiger partial charge in [-0.25, -0.2) is 43.3 Å². The first-order valence-electron chi connectivity index (χ1n) is 45.5. The van der Waals surface area contributed by atoms with Gasteiger partial charge in [0.15, 0.2) is 44.7 Å². The van der Waals surface area contributed by atoms with E-state index in [1.54, 1.807) is 171 Å². The van der Waals surface area contributed by atoms with Crippen LogP contribution in [-0.2, 0) is 64.1 Å². The molecule has 21 heterocycles. The number of H-pyrrole nitrogens is 8. The van der Waals surface area contributed by atoms with Crippen molar-refractivity contribution < 1.29 is 112 Å². The van der Waals surface area contributed by atoms with E-state index in [1.165, 1.54) is 19.3 Å². The fraction of sp³-hybridized carbons (Fsp3) is 0.293.